The first-order chi connectivity index (χ1) is 3.93. The molecule has 0 aromatic carbocycles. The molecule has 1 nitrogen and oxygen atoms in total. The number of rotatable bonds is 0. The Bertz CT molecular complexity index is 160. The van der Waals surface area contributed by atoms with E-state index >= 15 is 0 Å². The highest BCUT2D eigenvalue weighted by Gasteiger charge is 2.01. The molecule has 1 radical (unpaired) electrons. The standard InChI is InChI=1S/C7H6N/c8-6-7-4-2-1-3-5-7/h1-4H,5H2. The topological polar surface area (TPSA) is 23.8 Å². The van der Waals surface area contributed by atoms with Crippen molar-refractivity contribution >= 4 is 0 Å². The molecule has 0 aliphatic heterocycles. The van der Waals surface area contributed by atoms with E-state index in [9.17, 15) is 0 Å². The fourth-order valence-electron chi connectivity index (χ4n) is 0.596. The van der Waals surface area contributed by atoms with Crippen molar-refractivity contribution in [2.24, 2.45) is 0 Å². The number of nitrogens with zero attached hydrogens (tertiary/aromatic N) is 1. The summed E-state index contributed by atoms with van der Waals surface area (Å²) < 4.78 is 0. The van der Waals surface area contributed by atoms with Gasteiger partial charge in [0.15, 0.2) is 0 Å². The molecule has 0 unspecified atom stereocenters. The van der Waals surface area contributed by atoms with Gasteiger partial charge in [-0.05, 0) is 6.42 Å². The molecule has 0 aromatic heterocycles. The van der Waals surface area contributed by atoms with E-state index in [1.54, 1.807) is 0 Å². The summed E-state index contributed by atoms with van der Waals surface area (Å²) in [5, 5.41) is 8.32. The number of allylic oxidation sites excluding steroid dienone is 4. The van der Waals surface area contributed by atoms with Gasteiger partial charge in [-0.1, -0.05) is 24.3 Å². The van der Waals surface area contributed by atoms with Crippen LogP contribution in [0, 0.1) is 17.2 Å². The van der Waals surface area contributed by atoms with Crippen LogP contribution in [0.5, 0.6) is 0 Å². The van der Waals surface area contributed by atoms with Gasteiger partial charge in [-0.3, -0.25) is 0 Å². The first-order valence-corrected chi connectivity index (χ1v) is 2.52. The predicted molar refractivity (Wildman–Crippen MR) is 31.8 cm³/mol. The Morgan fingerprint density at radius 2 is 2.38 bits per heavy atom. The highest BCUT2D eigenvalue weighted by atomic mass is 14.3. The molecule has 1 aliphatic rings. The molecule has 39 valence electrons. The monoisotopic (exact) mass is 104 g/mol. The van der Waals surface area contributed by atoms with Crippen molar-refractivity contribution < 1.29 is 0 Å². The molecule has 1 rings (SSSR count). The lowest BCUT2D eigenvalue weighted by Gasteiger charge is -1.98. The third-order valence-electron chi connectivity index (χ3n) is 1.03. The van der Waals surface area contributed by atoms with Crippen LogP contribution in [-0.4, -0.2) is 0 Å². The van der Waals surface area contributed by atoms with Gasteiger partial charge >= 0.3 is 0 Å². The van der Waals surface area contributed by atoms with Crippen molar-refractivity contribution in [1.29, 1.82) is 5.26 Å². The van der Waals surface area contributed by atoms with Gasteiger partial charge in [-0.2, -0.15) is 5.26 Å². The molecule has 0 atom stereocenters. The molecule has 0 heterocycles. The van der Waals surface area contributed by atoms with E-state index in [1.165, 1.54) is 0 Å². The molecule has 0 saturated heterocycles. The molecule has 0 fully saturated rings. The maximum atomic E-state index is 8.32. The second-order valence-corrected chi connectivity index (χ2v) is 1.63. The number of hydrogen-bond acceptors (Lipinski definition) is 1. The van der Waals surface area contributed by atoms with E-state index in [-0.39, 0.29) is 0 Å². The Morgan fingerprint density at radius 1 is 1.50 bits per heavy atom. The largest absolute Gasteiger partial charge is 0.197 e. The van der Waals surface area contributed by atoms with E-state index in [0.29, 0.717) is 0 Å². The van der Waals surface area contributed by atoms with Gasteiger partial charge in [-0.25, -0.2) is 0 Å². The van der Waals surface area contributed by atoms with Crippen LogP contribution < -0.4 is 0 Å². The highest BCUT2D eigenvalue weighted by molar-refractivity contribution is 5.32. The molecule has 0 aromatic rings. The Balaban J connectivity index is 2.55. The second kappa shape index (κ2) is 2.32. The maximum Gasteiger partial charge on any atom is 0.101 e. The summed E-state index contributed by atoms with van der Waals surface area (Å²) in [6, 6.07) is 2.08. The van der Waals surface area contributed by atoms with Crippen molar-refractivity contribution in [3.63, 3.8) is 0 Å². The Labute approximate surface area is 48.9 Å². The molecule has 1 aliphatic carbocycles. The van der Waals surface area contributed by atoms with Crippen molar-refractivity contribution in [2.75, 3.05) is 0 Å². The molecule has 1 heteroatoms. The third kappa shape index (κ3) is 0.974. The summed E-state index contributed by atoms with van der Waals surface area (Å²) in [4.78, 5) is 0. The van der Waals surface area contributed by atoms with Gasteiger partial charge < -0.3 is 0 Å². The summed E-state index contributed by atoms with van der Waals surface area (Å²) in [7, 11) is 0. The zero-order valence-corrected chi connectivity index (χ0v) is 4.46. The van der Waals surface area contributed by atoms with Crippen LogP contribution in [0.1, 0.15) is 6.42 Å². The molecule has 0 spiro atoms. The maximum absolute atomic E-state index is 8.32. The SMILES string of the molecule is N#C[C]1C=CC=CC1. The first-order valence-electron chi connectivity index (χ1n) is 2.52. The van der Waals surface area contributed by atoms with Gasteiger partial charge in [0.05, 0.1) is 6.07 Å². The minimum Gasteiger partial charge on any atom is -0.197 e. The van der Waals surface area contributed by atoms with Gasteiger partial charge in [0, 0.05) is 0 Å². The lowest BCUT2D eigenvalue weighted by Crippen LogP contribution is -1.88. The molecule has 8 heavy (non-hydrogen) atoms. The van der Waals surface area contributed by atoms with Crippen molar-refractivity contribution in [3.05, 3.63) is 30.2 Å². The van der Waals surface area contributed by atoms with E-state index in [0.717, 1.165) is 12.3 Å². The number of nitriles is 1. The van der Waals surface area contributed by atoms with E-state index in [2.05, 4.69) is 6.07 Å². The quantitative estimate of drug-likeness (QED) is 0.458. The minimum atomic E-state index is 0.799. The first kappa shape index (κ1) is 5.11. The summed E-state index contributed by atoms with van der Waals surface area (Å²) in [6.07, 6.45) is 8.43. The van der Waals surface area contributed by atoms with Crippen LogP contribution >= 0.6 is 0 Å². The third-order valence-corrected chi connectivity index (χ3v) is 1.03. The summed E-state index contributed by atoms with van der Waals surface area (Å²) in [5.41, 5.74) is 0. The average molecular weight is 104 g/mol. The molecular formula is C7H6N. The van der Waals surface area contributed by atoms with Gasteiger partial charge in [0.1, 0.15) is 5.92 Å². The minimum absolute atomic E-state index is 0.799. The predicted octanol–water partition coefficient (Wildman–Crippen LogP) is 1.60. The zero-order chi connectivity index (χ0) is 5.82. The fraction of sp³-hybridized carbons (Fsp3) is 0.143. The molecule has 0 N–H and O–H groups in total. The van der Waals surface area contributed by atoms with E-state index in [4.69, 9.17) is 5.26 Å². The van der Waals surface area contributed by atoms with Crippen molar-refractivity contribution in [1.82, 2.24) is 0 Å². The molecule has 0 amide bonds. The highest BCUT2D eigenvalue weighted by Crippen LogP contribution is 2.10. The summed E-state index contributed by atoms with van der Waals surface area (Å²) in [6.45, 7) is 0. The van der Waals surface area contributed by atoms with Crippen molar-refractivity contribution in [3.8, 4) is 6.07 Å². The van der Waals surface area contributed by atoms with Crippen LogP contribution in [0.3, 0.4) is 0 Å². The van der Waals surface area contributed by atoms with Gasteiger partial charge in [0.2, 0.25) is 0 Å². The number of hydrogen-bond donors (Lipinski definition) is 0. The normalized spacial score (nSPS) is 18.4. The second-order valence-electron chi connectivity index (χ2n) is 1.63. The Kier molecular flexibility index (Phi) is 1.48. The van der Waals surface area contributed by atoms with Crippen LogP contribution in [-0.2, 0) is 0 Å². The Hall–Kier alpha value is -1.03. The van der Waals surface area contributed by atoms with Gasteiger partial charge in [0.25, 0.3) is 0 Å². The van der Waals surface area contributed by atoms with Crippen LogP contribution in [0.2, 0.25) is 0 Å². The zero-order valence-electron chi connectivity index (χ0n) is 4.46. The van der Waals surface area contributed by atoms with Crippen LogP contribution in [0.25, 0.3) is 0 Å². The average Bonchev–Trinajstić information content (AvgIpc) is 1.90. The molecular weight excluding hydrogens is 98.1 g/mol. The smallest absolute Gasteiger partial charge is 0.101 e. The van der Waals surface area contributed by atoms with Crippen molar-refractivity contribution in [2.45, 2.75) is 6.42 Å². The summed E-state index contributed by atoms with van der Waals surface area (Å²) in [5.74, 6) is 0.840. The lowest BCUT2D eigenvalue weighted by molar-refractivity contribution is 1.14. The van der Waals surface area contributed by atoms with Crippen LogP contribution in [0.4, 0.5) is 0 Å². The van der Waals surface area contributed by atoms with Gasteiger partial charge in [-0.15, -0.1) is 0 Å². The lowest BCUT2D eigenvalue weighted by atomic mass is 10.0. The van der Waals surface area contributed by atoms with E-state index in [1.807, 2.05) is 24.3 Å². The molecule has 0 saturated carbocycles. The fourth-order valence-corrected chi connectivity index (χ4v) is 0.596. The Morgan fingerprint density at radius 3 is 2.75 bits per heavy atom. The van der Waals surface area contributed by atoms with Crippen LogP contribution in [0.15, 0.2) is 24.3 Å². The molecule has 0 bridgehead atoms. The van der Waals surface area contributed by atoms with E-state index < -0.39 is 0 Å². The summed E-state index contributed by atoms with van der Waals surface area (Å²) >= 11 is 0.